The maximum Gasteiger partial charge on any atom is 0.272 e. The van der Waals surface area contributed by atoms with E-state index in [9.17, 15) is 4.79 Å². The van der Waals surface area contributed by atoms with Gasteiger partial charge in [-0.15, -0.1) is 24.8 Å². The number of imidazole rings is 1. The number of carbonyl (C=O) groups is 1. The molecule has 118 valence electrons. The quantitative estimate of drug-likeness (QED) is 0.845. The molecule has 3 aliphatic rings. The Morgan fingerprint density at radius 2 is 1.81 bits per heavy atom. The fourth-order valence-electron chi connectivity index (χ4n) is 4.54. The van der Waals surface area contributed by atoms with E-state index in [0.717, 1.165) is 24.5 Å². The maximum atomic E-state index is 12.9. The molecule has 0 saturated carbocycles. The standard InChI is InChI=1S/C14H20N4O.2ClH/c1-8-13(17(2)7-16-8)14(19)18-11-3-4-12(18)10-6-15-5-9(10)11;;/h7,9-12,15H,3-6H2,1-2H3;2*1H/t9-,10+,11-,12+;;. The van der Waals surface area contributed by atoms with Crippen molar-refractivity contribution in [3.8, 4) is 0 Å². The lowest BCUT2D eigenvalue weighted by molar-refractivity contribution is 0.0699. The molecule has 0 aliphatic carbocycles. The molecule has 0 radical (unpaired) electrons. The zero-order chi connectivity index (χ0) is 13.1. The fraction of sp³-hybridized carbons (Fsp3) is 0.714. The predicted octanol–water partition coefficient (Wildman–Crippen LogP) is 1.39. The Morgan fingerprint density at radius 1 is 1.24 bits per heavy atom. The van der Waals surface area contributed by atoms with E-state index in [1.54, 1.807) is 6.33 Å². The summed E-state index contributed by atoms with van der Waals surface area (Å²) in [4.78, 5) is 19.3. The number of halogens is 2. The lowest BCUT2D eigenvalue weighted by Crippen LogP contribution is -2.40. The molecule has 1 amide bonds. The molecule has 3 aliphatic heterocycles. The van der Waals surface area contributed by atoms with Crippen molar-refractivity contribution >= 4 is 30.7 Å². The van der Waals surface area contributed by atoms with Gasteiger partial charge >= 0.3 is 0 Å². The molecular weight excluding hydrogens is 311 g/mol. The van der Waals surface area contributed by atoms with Gasteiger partial charge < -0.3 is 14.8 Å². The third-order valence-electron chi connectivity index (χ3n) is 5.33. The van der Waals surface area contributed by atoms with Gasteiger partial charge in [0.25, 0.3) is 5.91 Å². The van der Waals surface area contributed by atoms with Crippen molar-refractivity contribution in [1.29, 1.82) is 0 Å². The van der Waals surface area contributed by atoms with E-state index in [0.29, 0.717) is 23.9 Å². The van der Waals surface area contributed by atoms with Crippen LogP contribution in [0.4, 0.5) is 0 Å². The summed E-state index contributed by atoms with van der Waals surface area (Å²) in [6.45, 7) is 4.09. The van der Waals surface area contributed by atoms with Crippen LogP contribution < -0.4 is 5.32 Å². The van der Waals surface area contributed by atoms with Crippen LogP contribution in [0.3, 0.4) is 0 Å². The first kappa shape index (κ1) is 16.6. The molecule has 0 unspecified atom stereocenters. The van der Waals surface area contributed by atoms with Crippen LogP contribution in [-0.2, 0) is 7.05 Å². The Bertz CT molecular complexity index is 510. The normalized spacial score (nSPS) is 32.6. The van der Waals surface area contributed by atoms with Gasteiger partial charge in [0.15, 0.2) is 0 Å². The molecule has 0 aromatic carbocycles. The Morgan fingerprint density at radius 3 is 2.29 bits per heavy atom. The summed E-state index contributed by atoms with van der Waals surface area (Å²) in [6, 6.07) is 0.901. The molecule has 1 aromatic rings. The number of aromatic nitrogens is 2. The van der Waals surface area contributed by atoms with Gasteiger partial charge in [-0.25, -0.2) is 4.98 Å². The third-order valence-corrected chi connectivity index (χ3v) is 5.33. The van der Waals surface area contributed by atoms with Crippen LogP contribution in [0.1, 0.15) is 29.0 Å². The van der Waals surface area contributed by atoms with Crippen molar-refractivity contribution in [1.82, 2.24) is 19.8 Å². The fourth-order valence-corrected chi connectivity index (χ4v) is 4.54. The van der Waals surface area contributed by atoms with Crippen molar-refractivity contribution in [3.63, 3.8) is 0 Å². The number of nitrogens with zero attached hydrogens (tertiary/aromatic N) is 3. The van der Waals surface area contributed by atoms with Gasteiger partial charge in [0.05, 0.1) is 12.0 Å². The number of fused-ring (bicyclic) bond motifs is 5. The molecule has 4 atom stereocenters. The van der Waals surface area contributed by atoms with Crippen LogP contribution in [0.2, 0.25) is 0 Å². The van der Waals surface area contributed by atoms with Gasteiger partial charge in [0.2, 0.25) is 0 Å². The molecule has 1 aromatic heterocycles. The van der Waals surface area contributed by atoms with Gasteiger partial charge in [-0.05, 0) is 31.6 Å². The molecule has 1 N–H and O–H groups in total. The monoisotopic (exact) mass is 332 g/mol. The SMILES string of the molecule is Cc1ncn(C)c1C(=O)N1[C@@H]2CC[C@H]1[C@H]1CNC[C@H]12.Cl.Cl. The summed E-state index contributed by atoms with van der Waals surface area (Å²) in [5.41, 5.74) is 1.62. The first-order chi connectivity index (χ1) is 9.18. The minimum Gasteiger partial charge on any atom is -0.331 e. The zero-order valence-corrected chi connectivity index (χ0v) is 13.9. The van der Waals surface area contributed by atoms with E-state index in [2.05, 4.69) is 15.2 Å². The topological polar surface area (TPSA) is 50.2 Å². The Balaban J connectivity index is 0.000000807. The van der Waals surface area contributed by atoms with Crippen molar-refractivity contribution in [2.75, 3.05) is 13.1 Å². The smallest absolute Gasteiger partial charge is 0.272 e. The minimum absolute atomic E-state index is 0. The second-order valence-corrected chi connectivity index (χ2v) is 6.20. The minimum atomic E-state index is 0. The summed E-state index contributed by atoms with van der Waals surface area (Å²) < 4.78 is 1.86. The number of aryl methyl sites for hydroxylation is 2. The molecule has 5 nitrogen and oxygen atoms in total. The second kappa shape index (κ2) is 5.78. The molecule has 21 heavy (non-hydrogen) atoms. The molecule has 0 spiro atoms. The lowest BCUT2D eigenvalue weighted by atomic mass is 9.82. The number of hydrogen-bond donors (Lipinski definition) is 1. The average Bonchev–Trinajstić information content (AvgIpc) is 3.09. The molecule has 3 saturated heterocycles. The second-order valence-electron chi connectivity index (χ2n) is 6.20. The van der Waals surface area contributed by atoms with E-state index in [-0.39, 0.29) is 30.7 Å². The van der Waals surface area contributed by atoms with Crippen LogP contribution in [0.15, 0.2) is 6.33 Å². The number of nitrogens with one attached hydrogen (secondary N) is 1. The van der Waals surface area contributed by atoms with E-state index in [1.165, 1.54) is 12.8 Å². The number of amides is 1. The Hall–Kier alpha value is -0.780. The number of rotatable bonds is 1. The summed E-state index contributed by atoms with van der Waals surface area (Å²) in [6.07, 6.45) is 4.09. The summed E-state index contributed by atoms with van der Waals surface area (Å²) in [5, 5.41) is 3.49. The highest BCUT2D eigenvalue weighted by molar-refractivity contribution is 5.94. The van der Waals surface area contributed by atoms with Crippen molar-refractivity contribution in [2.24, 2.45) is 18.9 Å². The maximum absolute atomic E-state index is 12.9. The highest BCUT2D eigenvalue weighted by atomic mass is 35.5. The summed E-state index contributed by atoms with van der Waals surface area (Å²) >= 11 is 0. The van der Waals surface area contributed by atoms with Gasteiger partial charge in [-0.1, -0.05) is 0 Å². The highest BCUT2D eigenvalue weighted by Gasteiger charge is 2.56. The van der Waals surface area contributed by atoms with Gasteiger partial charge in [-0.3, -0.25) is 4.79 Å². The third kappa shape index (κ3) is 2.17. The highest BCUT2D eigenvalue weighted by Crippen LogP contribution is 2.47. The molecule has 4 heterocycles. The zero-order valence-electron chi connectivity index (χ0n) is 12.3. The molecule has 7 heteroatoms. The van der Waals surface area contributed by atoms with E-state index in [4.69, 9.17) is 0 Å². The van der Waals surface area contributed by atoms with Gasteiger partial charge in [0.1, 0.15) is 5.69 Å². The summed E-state index contributed by atoms with van der Waals surface area (Å²) in [7, 11) is 1.91. The lowest BCUT2D eigenvalue weighted by Gasteiger charge is -2.25. The largest absolute Gasteiger partial charge is 0.331 e. The van der Waals surface area contributed by atoms with E-state index in [1.807, 2.05) is 18.5 Å². The predicted molar refractivity (Wildman–Crippen MR) is 85.3 cm³/mol. The van der Waals surface area contributed by atoms with Crippen molar-refractivity contribution < 1.29 is 4.79 Å². The van der Waals surface area contributed by atoms with Crippen LogP contribution in [-0.4, -0.2) is 45.5 Å². The number of hydrogen-bond acceptors (Lipinski definition) is 3. The van der Waals surface area contributed by atoms with E-state index >= 15 is 0 Å². The molecule has 2 bridgehead atoms. The Kier molecular flexibility index (Phi) is 4.57. The van der Waals surface area contributed by atoms with Crippen LogP contribution in [0.5, 0.6) is 0 Å². The van der Waals surface area contributed by atoms with Crippen LogP contribution in [0.25, 0.3) is 0 Å². The van der Waals surface area contributed by atoms with Crippen LogP contribution >= 0.6 is 24.8 Å². The average molecular weight is 333 g/mol. The first-order valence-electron chi connectivity index (χ1n) is 7.20. The van der Waals surface area contributed by atoms with Crippen LogP contribution in [0, 0.1) is 18.8 Å². The summed E-state index contributed by atoms with van der Waals surface area (Å²) in [5.74, 6) is 1.55. The molecule has 3 fully saturated rings. The van der Waals surface area contributed by atoms with Crippen molar-refractivity contribution in [2.45, 2.75) is 31.8 Å². The van der Waals surface area contributed by atoms with Gasteiger partial charge in [-0.2, -0.15) is 0 Å². The molecular formula is C14H22Cl2N4O. The van der Waals surface area contributed by atoms with Crippen molar-refractivity contribution in [3.05, 3.63) is 17.7 Å². The first-order valence-corrected chi connectivity index (χ1v) is 7.20. The number of carbonyl (C=O) groups excluding carboxylic acids is 1. The molecule has 4 rings (SSSR count). The Labute approximate surface area is 137 Å². The van der Waals surface area contributed by atoms with Gasteiger partial charge in [0, 0.05) is 32.2 Å². The van der Waals surface area contributed by atoms with E-state index < -0.39 is 0 Å².